The lowest BCUT2D eigenvalue weighted by atomic mass is 10.0. The second-order valence-corrected chi connectivity index (χ2v) is 9.93. The first-order chi connectivity index (χ1) is 19.3. The van der Waals surface area contributed by atoms with Crippen LogP contribution in [0.4, 0.5) is 5.69 Å². The van der Waals surface area contributed by atoms with E-state index >= 15 is 0 Å². The number of fused-ring (bicyclic) bond motifs is 5. The van der Waals surface area contributed by atoms with E-state index in [1.54, 1.807) is 0 Å². The monoisotopic (exact) mass is 500 g/mol. The molecule has 7 aromatic rings. The molecule has 1 aliphatic heterocycles. The Balaban J connectivity index is 1.38. The Morgan fingerprint density at radius 1 is 0.590 bits per heavy atom. The minimum absolute atomic E-state index is 0.712. The molecule has 0 spiro atoms. The van der Waals surface area contributed by atoms with Crippen LogP contribution in [0.1, 0.15) is 5.69 Å². The summed E-state index contributed by atoms with van der Waals surface area (Å²) in [6, 6.07) is 40.7. The molecule has 0 amide bonds. The van der Waals surface area contributed by atoms with Gasteiger partial charge in [0.25, 0.3) is 0 Å². The van der Waals surface area contributed by atoms with E-state index < -0.39 is 0 Å². The zero-order chi connectivity index (χ0) is 25.8. The molecule has 4 nitrogen and oxygen atoms in total. The summed E-state index contributed by atoms with van der Waals surface area (Å²) < 4.78 is 2.30. The zero-order valence-electron chi connectivity index (χ0n) is 21.2. The summed E-state index contributed by atoms with van der Waals surface area (Å²) in [4.78, 5) is 10.2. The van der Waals surface area contributed by atoms with Crippen LogP contribution >= 0.6 is 0 Å². The van der Waals surface area contributed by atoms with Crippen molar-refractivity contribution < 1.29 is 0 Å². The zero-order valence-corrected chi connectivity index (χ0v) is 21.2. The van der Waals surface area contributed by atoms with Crippen molar-refractivity contribution in [2.45, 2.75) is 0 Å². The lowest BCUT2D eigenvalue weighted by molar-refractivity contribution is 1.03. The Hall–Kier alpha value is -5.22. The molecule has 39 heavy (non-hydrogen) atoms. The summed E-state index contributed by atoms with van der Waals surface area (Å²) in [5.74, 6) is 1.58. The van der Waals surface area contributed by atoms with Crippen LogP contribution < -0.4 is 5.32 Å². The predicted octanol–water partition coefficient (Wildman–Crippen LogP) is 8.50. The molecule has 1 aliphatic rings. The van der Waals surface area contributed by atoms with Crippen LogP contribution in [-0.4, -0.2) is 21.1 Å². The fourth-order valence-corrected chi connectivity index (χ4v) is 5.70. The molecule has 3 heterocycles. The number of hydrogen-bond acceptors (Lipinski definition) is 3. The number of hydrogen-bond donors (Lipinski definition) is 1. The standard InChI is InChI=1S/C35H24N4/c1-2-9-23(10-3-1)24-16-18-25(19-17-24)34-37-30-14-8-20-36-33(30)35(38-34)39-31-15-7-6-13-28(31)29-21-26-11-4-5-12-27(26)22-32(29)39/h1-19,21-22,36H,20H2. The number of anilines is 1. The summed E-state index contributed by atoms with van der Waals surface area (Å²) in [7, 11) is 0. The fraction of sp³-hybridized carbons (Fsp3) is 0.0286. The Morgan fingerprint density at radius 3 is 2.13 bits per heavy atom. The maximum atomic E-state index is 5.24. The van der Waals surface area contributed by atoms with Crippen LogP contribution in [0.5, 0.6) is 0 Å². The maximum Gasteiger partial charge on any atom is 0.165 e. The van der Waals surface area contributed by atoms with Crippen LogP contribution in [0.3, 0.4) is 0 Å². The van der Waals surface area contributed by atoms with E-state index in [9.17, 15) is 0 Å². The van der Waals surface area contributed by atoms with Crippen LogP contribution in [0, 0.1) is 0 Å². The average Bonchev–Trinajstić information content (AvgIpc) is 3.33. The van der Waals surface area contributed by atoms with Crippen molar-refractivity contribution in [1.82, 2.24) is 14.5 Å². The number of nitrogens with one attached hydrogen (secondary N) is 1. The number of benzene rings is 5. The molecular formula is C35H24N4. The molecule has 5 aromatic carbocycles. The molecule has 0 unspecified atom stereocenters. The Bertz CT molecular complexity index is 2050. The SMILES string of the molecule is C1=Cc2nc(-c3ccc(-c4ccccc4)cc3)nc(-n3c4ccccc4c4cc5ccccc5cc43)c2NC1. The third-order valence-corrected chi connectivity index (χ3v) is 7.59. The molecule has 0 saturated carbocycles. The summed E-state index contributed by atoms with van der Waals surface area (Å²) in [6.07, 6.45) is 4.21. The van der Waals surface area contributed by atoms with E-state index in [1.165, 1.54) is 32.7 Å². The van der Waals surface area contributed by atoms with Gasteiger partial charge in [-0.05, 0) is 46.2 Å². The Morgan fingerprint density at radius 2 is 1.28 bits per heavy atom. The van der Waals surface area contributed by atoms with Gasteiger partial charge in [0, 0.05) is 22.9 Å². The summed E-state index contributed by atoms with van der Waals surface area (Å²) in [5, 5.41) is 8.44. The summed E-state index contributed by atoms with van der Waals surface area (Å²) in [5.41, 5.74) is 7.49. The van der Waals surface area contributed by atoms with Gasteiger partial charge in [0.05, 0.1) is 16.7 Å². The van der Waals surface area contributed by atoms with Gasteiger partial charge < -0.3 is 5.32 Å². The number of para-hydroxylation sites is 1. The van der Waals surface area contributed by atoms with Crippen molar-refractivity contribution in [3.63, 3.8) is 0 Å². The first kappa shape index (κ1) is 21.8. The minimum atomic E-state index is 0.712. The lowest BCUT2D eigenvalue weighted by Gasteiger charge is -2.19. The van der Waals surface area contributed by atoms with Crippen LogP contribution in [0.15, 0.2) is 121 Å². The molecule has 0 atom stereocenters. The molecule has 8 rings (SSSR count). The molecule has 0 aliphatic carbocycles. The van der Waals surface area contributed by atoms with Crippen LogP contribution in [0.2, 0.25) is 0 Å². The number of rotatable bonds is 3. The molecule has 184 valence electrons. The molecule has 0 radical (unpaired) electrons. The van der Waals surface area contributed by atoms with Crippen molar-refractivity contribution in [1.29, 1.82) is 0 Å². The minimum Gasteiger partial charge on any atom is -0.377 e. The van der Waals surface area contributed by atoms with Gasteiger partial charge in [0.2, 0.25) is 0 Å². The van der Waals surface area contributed by atoms with Gasteiger partial charge in [-0.1, -0.05) is 103 Å². The van der Waals surface area contributed by atoms with Gasteiger partial charge in [0.1, 0.15) is 5.69 Å². The smallest absolute Gasteiger partial charge is 0.165 e. The molecule has 0 fully saturated rings. The van der Waals surface area contributed by atoms with Crippen molar-refractivity contribution in [2.24, 2.45) is 0 Å². The quantitative estimate of drug-likeness (QED) is 0.264. The van der Waals surface area contributed by atoms with E-state index in [0.29, 0.717) is 5.82 Å². The Labute approximate surface area is 225 Å². The second-order valence-electron chi connectivity index (χ2n) is 9.93. The fourth-order valence-electron chi connectivity index (χ4n) is 5.70. The topological polar surface area (TPSA) is 42.7 Å². The lowest BCUT2D eigenvalue weighted by Crippen LogP contribution is -2.13. The molecule has 4 heteroatoms. The molecular weight excluding hydrogens is 476 g/mol. The summed E-state index contributed by atoms with van der Waals surface area (Å²) in [6.45, 7) is 0.745. The molecule has 0 saturated heterocycles. The third kappa shape index (κ3) is 3.53. The van der Waals surface area contributed by atoms with E-state index in [4.69, 9.17) is 9.97 Å². The van der Waals surface area contributed by atoms with Crippen LogP contribution in [0.25, 0.3) is 67.0 Å². The van der Waals surface area contributed by atoms with E-state index in [1.807, 2.05) is 6.07 Å². The van der Waals surface area contributed by atoms with E-state index in [0.717, 1.165) is 40.3 Å². The Kier molecular flexibility index (Phi) is 4.85. The highest BCUT2D eigenvalue weighted by Gasteiger charge is 2.21. The van der Waals surface area contributed by atoms with Gasteiger partial charge in [-0.25, -0.2) is 9.97 Å². The largest absolute Gasteiger partial charge is 0.377 e. The predicted molar refractivity (Wildman–Crippen MR) is 162 cm³/mol. The molecule has 2 aromatic heterocycles. The molecule has 0 bridgehead atoms. The first-order valence-electron chi connectivity index (χ1n) is 13.2. The second kappa shape index (κ2) is 8.67. The van der Waals surface area contributed by atoms with Crippen LogP contribution in [-0.2, 0) is 0 Å². The molecule has 1 N–H and O–H groups in total. The van der Waals surface area contributed by atoms with Crippen molar-refractivity contribution in [3.05, 3.63) is 127 Å². The normalized spacial score (nSPS) is 12.6. The van der Waals surface area contributed by atoms with Crippen molar-refractivity contribution in [2.75, 3.05) is 11.9 Å². The highest BCUT2D eigenvalue weighted by molar-refractivity contribution is 6.13. The van der Waals surface area contributed by atoms with E-state index in [-0.39, 0.29) is 0 Å². The van der Waals surface area contributed by atoms with Gasteiger partial charge in [-0.2, -0.15) is 0 Å². The maximum absolute atomic E-state index is 5.24. The highest BCUT2D eigenvalue weighted by Crippen LogP contribution is 2.38. The van der Waals surface area contributed by atoms with Crippen molar-refractivity contribution >= 4 is 44.3 Å². The van der Waals surface area contributed by atoms with Gasteiger partial charge in [-0.15, -0.1) is 0 Å². The summed E-state index contributed by atoms with van der Waals surface area (Å²) >= 11 is 0. The number of nitrogens with zero attached hydrogens (tertiary/aromatic N) is 3. The first-order valence-corrected chi connectivity index (χ1v) is 13.2. The van der Waals surface area contributed by atoms with Gasteiger partial charge in [-0.3, -0.25) is 4.57 Å². The average molecular weight is 501 g/mol. The number of aromatic nitrogens is 3. The van der Waals surface area contributed by atoms with Crippen molar-refractivity contribution in [3.8, 4) is 28.3 Å². The highest BCUT2D eigenvalue weighted by atomic mass is 15.1. The third-order valence-electron chi connectivity index (χ3n) is 7.59. The van der Waals surface area contributed by atoms with E-state index in [2.05, 4.69) is 131 Å². The van der Waals surface area contributed by atoms with Gasteiger partial charge >= 0.3 is 0 Å². The van der Waals surface area contributed by atoms with Gasteiger partial charge in [0.15, 0.2) is 11.6 Å².